The number of fused-ring (bicyclic) bond motifs is 1. The fraction of sp³-hybridized carbons (Fsp3) is 0.412. The molecule has 2 aliphatic rings. The minimum atomic E-state index is -0.936. The molecule has 0 N–H and O–H groups in total. The molecular weight excluding hydrogens is 312 g/mol. The summed E-state index contributed by atoms with van der Waals surface area (Å²) in [6.07, 6.45) is 0.219. The van der Waals surface area contributed by atoms with Crippen LogP contribution >= 0.6 is 0 Å². The van der Waals surface area contributed by atoms with Crippen LogP contribution in [0.2, 0.25) is 0 Å². The van der Waals surface area contributed by atoms with Gasteiger partial charge in [0.25, 0.3) is 17.7 Å². The third kappa shape index (κ3) is 2.46. The summed E-state index contributed by atoms with van der Waals surface area (Å²) in [7, 11) is 1.36. The third-order valence-electron chi connectivity index (χ3n) is 4.19. The van der Waals surface area contributed by atoms with Crippen LogP contribution in [0.15, 0.2) is 18.2 Å². The lowest BCUT2D eigenvalue weighted by Gasteiger charge is -2.32. The van der Waals surface area contributed by atoms with Crippen molar-refractivity contribution in [2.24, 2.45) is 0 Å². The molecule has 1 fully saturated rings. The van der Waals surface area contributed by atoms with Gasteiger partial charge in [0.05, 0.1) is 17.2 Å². The normalized spacial score (nSPS) is 20.9. The van der Waals surface area contributed by atoms with Crippen molar-refractivity contribution in [3.05, 3.63) is 29.3 Å². The number of hydrogen-bond acceptors (Lipinski definition) is 5. The van der Waals surface area contributed by atoms with Crippen LogP contribution in [0.25, 0.3) is 0 Å². The van der Waals surface area contributed by atoms with Crippen molar-refractivity contribution >= 4 is 23.6 Å². The van der Waals surface area contributed by atoms with Crippen LogP contribution in [0.1, 0.15) is 47.4 Å². The highest BCUT2D eigenvalue weighted by Crippen LogP contribution is 2.31. The Morgan fingerprint density at radius 1 is 1.08 bits per heavy atom. The highest BCUT2D eigenvalue weighted by molar-refractivity contribution is 6.23. The number of amides is 4. The SMILES string of the molecule is CC(C)Oc1ccc2c(c1)C(=O)N(C1CCC(=O)N(C)C1=O)C2=O. The molecular formula is C17H18N2O5. The predicted octanol–water partition coefficient (Wildman–Crippen LogP) is 1.22. The van der Waals surface area contributed by atoms with E-state index in [0.29, 0.717) is 5.75 Å². The molecule has 0 spiro atoms. The van der Waals surface area contributed by atoms with Crippen molar-refractivity contribution < 1.29 is 23.9 Å². The Balaban J connectivity index is 1.92. The molecule has 3 rings (SSSR count). The maximum absolute atomic E-state index is 12.7. The van der Waals surface area contributed by atoms with E-state index in [1.54, 1.807) is 6.07 Å². The number of imide groups is 2. The fourth-order valence-electron chi connectivity index (χ4n) is 3.00. The number of rotatable bonds is 3. The molecule has 0 saturated carbocycles. The first-order valence-corrected chi connectivity index (χ1v) is 7.80. The summed E-state index contributed by atoms with van der Waals surface area (Å²) in [5, 5.41) is 0. The maximum Gasteiger partial charge on any atom is 0.262 e. The summed E-state index contributed by atoms with van der Waals surface area (Å²) in [5.74, 6) is -1.37. The second-order valence-electron chi connectivity index (χ2n) is 6.20. The van der Waals surface area contributed by atoms with Gasteiger partial charge in [0, 0.05) is 13.5 Å². The van der Waals surface area contributed by atoms with Crippen molar-refractivity contribution in [1.82, 2.24) is 9.80 Å². The Morgan fingerprint density at radius 3 is 2.42 bits per heavy atom. The zero-order valence-electron chi connectivity index (χ0n) is 13.7. The summed E-state index contributed by atoms with van der Waals surface area (Å²) in [6.45, 7) is 3.72. The van der Waals surface area contributed by atoms with Crippen molar-refractivity contribution in [3.63, 3.8) is 0 Å². The molecule has 1 atom stereocenters. The van der Waals surface area contributed by atoms with Gasteiger partial charge in [-0.05, 0) is 38.5 Å². The Hall–Kier alpha value is -2.70. The monoisotopic (exact) mass is 330 g/mol. The van der Waals surface area contributed by atoms with Gasteiger partial charge in [-0.15, -0.1) is 0 Å². The second kappa shape index (κ2) is 5.74. The molecule has 1 saturated heterocycles. The summed E-state index contributed by atoms with van der Waals surface area (Å²) in [4.78, 5) is 51.1. The molecule has 2 heterocycles. The average Bonchev–Trinajstić information content (AvgIpc) is 2.77. The second-order valence-corrected chi connectivity index (χ2v) is 6.20. The van der Waals surface area contributed by atoms with Crippen molar-refractivity contribution in [2.75, 3.05) is 7.05 Å². The van der Waals surface area contributed by atoms with E-state index in [0.717, 1.165) is 9.80 Å². The summed E-state index contributed by atoms with van der Waals surface area (Å²) >= 11 is 0. The van der Waals surface area contributed by atoms with E-state index in [1.165, 1.54) is 19.2 Å². The van der Waals surface area contributed by atoms with Crippen molar-refractivity contribution in [2.45, 2.75) is 38.8 Å². The molecule has 126 valence electrons. The summed E-state index contributed by atoms with van der Waals surface area (Å²) in [5.41, 5.74) is 0.481. The molecule has 24 heavy (non-hydrogen) atoms. The van der Waals surface area contributed by atoms with Gasteiger partial charge in [-0.1, -0.05) is 0 Å². The molecule has 2 aliphatic heterocycles. The van der Waals surface area contributed by atoms with Crippen LogP contribution in [-0.2, 0) is 9.59 Å². The van der Waals surface area contributed by atoms with Gasteiger partial charge in [0.1, 0.15) is 11.8 Å². The Morgan fingerprint density at radius 2 is 1.75 bits per heavy atom. The van der Waals surface area contributed by atoms with Crippen molar-refractivity contribution in [1.29, 1.82) is 0 Å². The lowest BCUT2D eigenvalue weighted by atomic mass is 10.0. The number of likely N-dealkylation sites (tertiary alicyclic amines) is 1. The third-order valence-corrected chi connectivity index (χ3v) is 4.19. The molecule has 0 radical (unpaired) electrons. The molecule has 0 bridgehead atoms. The van der Waals surface area contributed by atoms with E-state index in [-0.39, 0.29) is 36.0 Å². The number of nitrogens with zero attached hydrogens (tertiary/aromatic N) is 2. The predicted molar refractivity (Wildman–Crippen MR) is 83.5 cm³/mol. The zero-order chi connectivity index (χ0) is 17.6. The standard InChI is InChI=1S/C17H18N2O5/c1-9(2)24-10-4-5-11-12(8-10)16(22)19(15(11)21)13-6-7-14(20)18(3)17(13)23/h4-5,8-9,13H,6-7H2,1-3H3. The number of benzene rings is 1. The number of piperidine rings is 1. The van der Waals surface area contributed by atoms with Crippen LogP contribution in [0.3, 0.4) is 0 Å². The highest BCUT2D eigenvalue weighted by Gasteiger charge is 2.46. The summed E-state index contributed by atoms with van der Waals surface area (Å²) < 4.78 is 5.55. The molecule has 1 aromatic carbocycles. The molecule has 7 heteroatoms. The number of carbonyl (C=O) groups is 4. The van der Waals surface area contributed by atoms with Crippen LogP contribution in [0.5, 0.6) is 5.75 Å². The highest BCUT2D eigenvalue weighted by atomic mass is 16.5. The Kier molecular flexibility index (Phi) is 3.87. The van der Waals surface area contributed by atoms with Gasteiger partial charge in [-0.3, -0.25) is 29.0 Å². The zero-order valence-corrected chi connectivity index (χ0v) is 13.7. The smallest absolute Gasteiger partial charge is 0.262 e. The Bertz CT molecular complexity index is 755. The molecule has 1 unspecified atom stereocenters. The van der Waals surface area contributed by atoms with E-state index < -0.39 is 23.8 Å². The van der Waals surface area contributed by atoms with E-state index in [4.69, 9.17) is 4.74 Å². The first-order chi connectivity index (χ1) is 11.3. The number of ether oxygens (including phenoxy) is 1. The first-order valence-electron chi connectivity index (χ1n) is 7.80. The van der Waals surface area contributed by atoms with E-state index in [9.17, 15) is 19.2 Å². The average molecular weight is 330 g/mol. The van der Waals surface area contributed by atoms with Gasteiger partial charge >= 0.3 is 0 Å². The van der Waals surface area contributed by atoms with Gasteiger partial charge in [0.2, 0.25) is 5.91 Å². The quantitative estimate of drug-likeness (QED) is 0.778. The minimum absolute atomic E-state index is 0.0639. The lowest BCUT2D eigenvalue weighted by Crippen LogP contribution is -2.54. The van der Waals surface area contributed by atoms with Gasteiger partial charge in [-0.2, -0.15) is 0 Å². The molecule has 0 aliphatic carbocycles. The molecule has 7 nitrogen and oxygen atoms in total. The molecule has 1 aromatic rings. The van der Waals surface area contributed by atoms with E-state index >= 15 is 0 Å². The van der Waals surface area contributed by atoms with Crippen LogP contribution in [0.4, 0.5) is 0 Å². The van der Waals surface area contributed by atoms with Crippen LogP contribution in [0, 0.1) is 0 Å². The Labute approximate surface area is 139 Å². The lowest BCUT2D eigenvalue weighted by molar-refractivity contribution is -0.149. The largest absolute Gasteiger partial charge is 0.491 e. The molecule has 0 aromatic heterocycles. The number of carbonyl (C=O) groups excluding carboxylic acids is 4. The van der Waals surface area contributed by atoms with Gasteiger partial charge < -0.3 is 4.74 Å². The van der Waals surface area contributed by atoms with E-state index in [1.807, 2.05) is 13.8 Å². The van der Waals surface area contributed by atoms with Gasteiger partial charge in [-0.25, -0.2) is 0 Å². The molecule has 4 amide bonds. The number of hydrogen-bond donors (Lipinski definition) is 0. The minimum Gasteiger partial charge on any atom is -0.491 e. The van der Waals surface area contributed by atoms with Crippen LogP contribution in [-0.4, -0.2) is 52.6 Å². The van der Waals surface area contributed by atoms with Crippen LogP contribution < -0.4 is 4.74 Å². The number of likely N-dealkylation sites (N-methyl/N-ethyl adjacent to an activating group) is 1. The summed E-state index contributed by atoms with van der Waals surface area (Å²) in [6, 6.07) is 3.76. The van der Waals surface area contributed by atoms with E-state index in [2.05, 4.69) is 0 Å². The maximum atomic E-state index is 12.7. The van der Waals surface area contributed by atoms with Crippen molar-refractivity contribution in [3.8, 4) is 5.75 Å². The topological polar surface area (TPSA) is 84.0 Å². The first kappa shape index (κ1) is 16.2. The van der Waals surface area contributed by atoms with Gasteiger partial charge in [0.15, 0.2) is 0 Å². The fourth-order valence-corrected chi connectivity index (χ4v) is 3.00.